The van der Waals surface area contributed by atoms with E-state index in [4.69, 9.17) is 18.9 Å². The molecule has 5 heteroatoms. The van der Waals surface area contributed by atoms with Crippen LogP contribution in [0.1, 0.15) is 18.1 Å². The molecule has 0 radical (unpaired) electrons. The van der Waals surface area contributed by atoms with Crippen LogP contribution >= 0.6 is 0 Å². The van der Waals surface area contributed by atoms with Crippen LogP contribution in [-0.4, -0.2) is 34.5 Å². The van der Waals surface area contributed by atoms with Crippen LogP contribution in [0.15, 0.2) is 36.4 Å². The largest absolute Gasteiger partial charge is 0.493 e. The molecule has 5 nitrogen and oxygen atoms in total. The zero-order valence-corrected chi connectivity index (χ0v) is 15.6. The summed E-state index contributed by atoms with van der Waals surface area (Å²) in [7, 11) is 6.58. The van der Waals surface area contributed by atoms with Gasteiger partial charge in [0.15, 0.2) is 23.0 Å². The van der Waals surface area contributed by atoms with Crippen LogP contribution in [0.2, 0.25) is 0 Å². The second-order valence-electron chi connectivity index (χ2n) is 5.86. The van der Waals surface area contributed by atoms with E-state index < -0.39 is 0 Å². The molecule has 136 valence electrons. The van der Waals surface area contributed by atoms with Gasteiger partial charge in [-0.15, -0.1) is 0 Å². The highest BCUT2D eigenvalue weighted by atomic mass is 16.5. The zero-order valence-electron chi connectivity index (χ0n) is 15.6. The first kappa shape index (κ1) is 18.9. The number of ether oxygens (including phenoxy) is 4. The minimum atomic E-state index is 0.311. The summed E-state index contributed by atoms with van der Waals surface area (Å²) in [5.74, 6) is 2.99. The molecule has 0 aliphatic heterocycles. The Morgan fingerprint density at radius 3 is 1.72 bits per heavy atom. The van der Waals surface area contributed by atoms with Gasteiger partial charge in [0.25, 0.3) is 0 Å². The van der Waals surface area contributed by atoms with Gasteiger partial charge in [-0.2, -0.15) is 0 Å². The molecule has 0 heterocycles. The number of hydrogen-bond acceptors (Lipinski definition) is 5. The summed E-state index contributed by atoms with van der Waals surface area (Å²) in [4.78, 5) is 0. The molecule has 1 unspecified atom stereocenters. The molecule has 0 amide bonds. The zero-order chi connectivity index (χ0) is 18.2. The van der Waals surface area contributed by atoms with Crippen molar-refractivity contribution in [2.45, 2.75) is 25.9 Å². The first-order chi connectivity index (χ1) is 12.1. The standard InChI is InChI=1S/C20H27NO4/c1-14(10-15-6-8-17(22-2)19(11-15)24-4)21-13-16-7-9-18(23-3)20(12-16)25-5/h6-9,11-12,14,21H,10,13H2,1-5H3. The minimum absolute atomic E-state index is 0.311. The van der Waals surface area contributed by atoms with Gasteiger partial charge in [0.2, 0.25) is 0 Å². The first-order valence-electron chi connectivity index (χ1n) is 8.26. The summed E-state index contributed by atoms with van der Waals surface area (Å²) in [6, 6.07) is 12.3. The van der Waals surface area contributed by atoms with Crippen LogP contribution in [0, 0.1) is 0 Å². The summed E-state index contributed by atoms with van der Waals surface area (Å²) in [6.07, 6.45) is 0.896. The van der Waals surface area contributed by atoms with Crippen molar-refractivity contribution in [3.8, 4) is 23.0 Å². The monoisotopic (exact) mass is 345 g/mol. The van der Waals surface area contributed by atoms with Gasteiger partial charge < -0.3 is 24.3 Å². The quantitative estimate of drug-likeness (QED) is 0.754. The van der Waals surface area contributed by atoms with Gasteiger partial charge in [0.05, 0.1) is 28.4 Å². The normalized spacial score (nSPS) is 11.7. The first-order valence-corrected chi connectivity index (χ1v) is 8.26. The highest BCUT2D eigenvalue weighted by Crippen LogP contribution is 2.29. The van der Waals surface area contributed by atoms with Crippen molar-refractivity contribution < 1.29 is 18.9 Å². The number of rotatable bonds is 9. The van der Waals surface area contributed by atoms with Crippen LogP contribution in [0.25, 0.3) is 0 Å². The second-order valence-corrected chi connectivity index (χ2v) is 5.86. The molecule has 0 aliphatic rings. The van der Waals surface area contributed by atoms with E-state index in [1.165, 1.54) is 5.56 Å². The number of benzene rings is 2. The molecule has 0 aromatic heterocycles. The van der Waals surface area contributed by atoms with E-state index in [1.54, 1.807) is 28.4 Å². The van der Waals surface area contributed by atoms with Gasteiger partial charge >= 0.3 is 0 Å². The van der Waals surface area contributed by atoms with Gasteiger partial charge in [0.1, 0.15) is 0 Å². The molecular formula is C20H27NO4. The van der Waals surface area contributed by atoms with Crippen molar-refractivity contribution in [1.82, 2.24) is 5.32 Å². The molecule has 1 atom stereocenters. The summed E-state index contributed by atoms with van der Waals surface area (Å²) in [5, 5.41) is 3.53. The molecule has 0 fully saturated rings. The SMILES string of the molecule is COc1ccc(CNC(C)Cc2ccc(OC)c(OC)c2)cc1OC. The third kappa shape index (κ3) is 5.03. The molecule has 0 saturated heterocycles. The molecule has 2 aromatic rings. The molecule has 0 bridgehead atoms. The number of methoxy groups -OCH3 is 4. The molecular weight excluding hydrogens is 318 g/mol. The average Bonchev–Trinajstić information content (AvgIpc) is 2.65. The molecule has 2 rings (SSSR count). The Balaban J connectivity index is 1.95. The van der Waals surface area contributed by atoms with E-state index in [-0.39, 0.29) is 0 Å². The lowest BCUT2D eigenvalue weighted by atomic mass is 10.1. The third-order valence-corrected chi connectivity index (χ3v) is 4.09. The van der Waals surface area contributed by atoms with Gasteiger partial charge in [-0.25, -0.2) is 0 Å². The average molecular weight is 345 g/mol. The van der Waals surface area contributed by atoms with Crippen molar-refractivity contribution >= 4 is 0 Å². The smallest absolute Gasteiger partial charge is 0.161 e. The predicted octanol–water partition coefficient (Wildman–Crippen LogP) is 3.44. The summed E-state index contributed by atoms with van der Waals surface area (Å²) >= 11 is 0. The molecule has 0 saturated carbocycles. The topological polar surface area (TPSA) is 49.0 Å². The Morgan fingerprint density at radius 1 is 0.720 bits per heavy atom. The molecule has 0 spiro atoms. The minimum Gasteiger partial charge on any atom is -0.493 e. The fourth-order valence-electron chi connectivity index (χ4n) is 2.72. The molecule has 1 N–H and O–H groups in total. The maximum atomic E-state index is 5.36. The number of nitrogens with one attached hydrogen (secondary N) is 1. The fourth-order valence-corrected chi connectivity index (χ4v) is 2.72. The maximum Gasteiger partial charge on any atom is 0.161 e. The lowest BCUT2D eigenvalue weighted by molar-refractivity contribution is 0.354. The lowest BCUT2D eigenvalue weighted by Crippen LogP contribution is -2.27. The lowest BCUT2D eigenvalue weighted by Gasteiger charge is -2.16. The summed E-state index contributed by atoms with van der Waals surface area (Å²) in [6.45, 7) is 2.92. The van der Waals surface area contributed by atoms with Crippen molar-refractivity contribution in [3.63, 3.8) is 0 Å². The maximum absolute atomic E-state index is 5.36. The van der Waals surface area contributed by atoms with Crippen LogP contribution in [0.3, 0.4) is 0 Å². The van der Waals surface area contributed by atoms with Gasteiger partial charge in [-0.05, 0) is 48.7 Å². The summed E-state index contributed by atoms with van der Waals surface area (Å²) < 4.78 is 21.3. The highest BCUT2D eigenvalue weighted by Gasteiger charge is 2.09. The van der Waals surface area contributed by atoms with Crippen molar-refractivity contribution in [1.29, 1.82) is 0 Å². The third-order valence-electron chi connectivity index (χ3n) is 4.09. The molecule has 0 aliphatic carbocycles. The van der Waals surface area contributed by atoms with E-state index >= 15 is 0 Å². The Hall–Kier alpha value is -2.40. The Kier molecular flexibility index (Phi) is 6.95. The summed E-state index contributed by atoms with van der Waals surface area (Å²) in [5.41, 5.74) is 2.35. The van der Waals surface area contributed by atoms with Crippen molar-refractivity contribution in [3.05, 3.63) is 47.5 Å². The Morgan fingerprint density at radius 2 is 1.20 bits per heavy atom. The van der Waals surface area contributed by atoms with Gasteiger partial charge in [0, 0.05) is 12.6 Å². The Bertz CT molecular complexity index is 687. The number of hydrogen-bond donors (Lipinski definition) is 1. The van der Waals surface area contributed by atoms with Gasteiger partial charge in [-0.3, -0.25) is 0 Å². The second kappa shape index (κ2) is 9.18. The van der Waals surface area contributed by atoms with Crippen LogP contribution < -0.4 is 24.3 Å². The van der Waals surface area contributed by atoms with E-state index in [0.29, 0.717) is 6.04 Å². The predicted molar refractivity (Wildman–Crippen MR) is 99.1 cm³/mol. The Labute approximate surface area is 149 Å². The van der Waals surface area contributed by atoms with E-state index in [0.717, 1.165) is 41.5 Å². The van der Waals surface area contributed by atoms with E-state index in [9.17, 15) is 0 Å². The van der Waals surface area contributed by atoms with Crippen molar-refractivity contribution in [2.75, 3.05) is 28.4 Å². The van der Waals surface area contributed by atoms with E-state index in [1.807, 2.05) is 30.3 Å². The van der Waals surface area contributed by atoms with Crippen molar-refractivity contribution in [2.24, 2.45) is 0 Å². The van der Waals surface area contributed by atoms with Crippen LogP contribution in [0.5, 0.6) is 23.0 Å². The highest BCUT2D eigenvalue weighted by molar-refractivity contribution is 5.44. The fraction of sp³-hybridized carbons (Fsp3) is 0.400. The van der Waals surface area contributed by atoms with Crippen LogP contribution in [-0.2, 0) is 13.0 Å². The van der Waals surface area contributed by atoms with E-state index in [2.05, 4.69) is 18.3 Å². The molecule has 25 heavy (non-hydrogen) atoms. The van der Waals surface area contributed by atoms with Gasteiger partial charge in [-0.1, -0.05) is 12.1 Å². The van der Waals surface area contributed by atoms with Crippen LogP contribution in [0.4, 0.5) is 0 Å². The molecule has 2 aromatic carbocycles.